The first-order valence-electron chi connectivity index (χ1n) is 10.6. The van der Waals surface area contributed by atoms with Crippen molar-refractivity contribution < 1.29 is 9.53 Å². The van der Waals surface area contributed by atoms with E-state index in [1.807, 2.05) is 18.2 Å². The lowest BCUT2D eigenvalue weighted by Crippen LogP contribution is -2.37. The Kier molecular flexibility index (Phi) is 7.61. The van der Waals surface area contributed by atoms with Gasteiger partial charge in [-0.15, -0.1) is 0 Å². The van der Waals surface area contributed by atoms with E-state index in [0.717, 1.165) is 57.0 Å². The minimum absolute atomic E-state index is 0.128. The molecule has 1 amide bonds. The van der Waals surface area contributed by atoms with Gasteiger partial charge in [0.25, 0.3) is 0 Å². The summed E-state index contributed by atoms with van der Waals surface area (Å²) in [7, 11) is 0. The Morgan fingerprint density at radius 2 is 2.18 bits per heavy atom. The number of carbonyl (C=O) groups is 1. The van der Waals surface area contributed by atoms with E-state index in [9.17, 15) is 4.79 Å². The molecule has 2 atom stereocenters. The summed E-state index contributed by atoms with van der Waals surface area (Å²) >= 11 is 6.13. The third kappa shape index (κ3) is 5.85. The summed E-state index contributed by atoms with van der Waals surface area (Å²) in [4.78, 5) is 17.2. The number of likely N-dealkylation sites (tertiary alicyclic amines) is 1. The number of amides is 1. The van der Waals surface area contributed by atoms with E-state index < -0.39 is 0 Å². The molecular formula is C22H34ClN3O2. The Labute approximate surface area is 174 Å². The first-order valence-corrected chi connectivity index (χ1v) is 11.0. The van der Waals surface area contributed by atoms with Gasteiger partial charge in [0.05, 0.1) is 0 Å². The Bertz CT molecular complexity index is 667. The molecule has 0 spiro atoms. The summed E-state index contributed by atoms with van der Waals surface area (Å²) in [5.41, 5.74) is 1.14. The van der Waals surface area contributed by atoms with Crippen LogP contribution in [0.15, 0.2) is 18.2 Å². The van der Waals surface area contributed by atoms with Gasteiger partial charge in [-0.25, -0.2) is 0 Å². The molecule has 2 heterocycles. The Hall–Kier alpha value is -1.30. The number of fused-ring (bicyclic) bond motifs is 1. The van der Waals surface area contributed by atoms with Crippen molar-refractivity contribution in [3.63, 3.8) is 0 Å². The fourth-order valence-corrected chi connectivity index (χ4v) is 4.23. The quantitative estimate of drug-likeness (QED) is 0.750. The van der Waals surface area contributed by atoms with Crippen molar-refractivity contribution in [2.24, 2.45) is 5.92 Å². The zero-order valence-corrected chi connectivity index (χ0v) is 18.2. The van der Waals surface area contributed by atoms with E-state index in [1.54, 1.807) is 0 Å². The van der Waals surface area contributed by atoms with E-state index in [-0.39, 0.29) is 12.0 Å². The fraction of sp³-hybridized carbons (Fsp3) is 0.682. The Balaban J connectivity index is 1.46. The third-order valence-corrected chi connectivity index (χ3v) is 6.16. The van der Waals surface area contributed by atoms with Crippen molar-refractivity contribution in [3.8, 4) is 5.75 Å². The van der Waals surface area contributed by atoms with Crippen LogP contribution in [0.25, 0.3) is 0 Å². The molecular weight excluding hydrogens is 374 g/mol. The normalized spacial score (nSPS) is 23.3. The number of benzene rings is 1. The highest BCUT2D eigenvalue weighted by Gasteiger charge is 2.25. The van der Waals surface area contributed by atoms with Crippen molar-refractivity contribution in [3.05, 3.63) is 28.8 Å². The molecule has 28 heavy (non-hydrogen) atoms. The van der Waals surface area contributed by atoms with E-state index in [0.29, 0.717) is 23.4 Å². The van der Waals surface area contributed by atoms with Gasteiger partial charge < -0.3 is 15.0 Å². The van der Waals surface area contributed by atoms with Crippen LogP contribution in [0.3, 0.4) is 0 Å². The van der Waals surface area contributed by atoms with Crippen molar-refractivity contribution in [1.29, 1.82) is 0 Å². The van der Waals surface area contributed by atoms with E-state index in [2.05, 4.69) is 35.9 Å². The smallest absolute Gasteiger partial charge is 0.221 e. The highest BCUT2D eigenvalue weighted by atomic mass is 35.5. The molecule has 2 unspecified atom stereocenters. The Morgan fingerprint density at radius 1 is 1.36 bits per heavy atom. The lowest BCUT2D eigenvalue weighted by molar-refractivity contribution is -0.121. The maximum Gasteiger partial charge on any atom is 0.221 e. The molecule has 1 aromatic rings. The minimum atomic E-state index is 0.128. The van der Waals surface area contributed by atoms with E-state index >= 15 is 0 Å². The zero-order chi connectivity index (χ0) is 20.1. The van der Waals surface area contributed by atoms with Crippen LogP contribution >= 0.6 is 11.6 Å². The van der Waals surface area contributed by atoms with Gasteiger partial charge >= 0.3 is 0 Å². The number of nitrogens with one attached hydrogen (secondary N) is 1. The van der Waals surface area contributed by atoms with Crippen molar-refractivity contribution in [2.75, 3.05) is 32.7 Å². The summed E-state index contributed by atoms with van der Waals surface area (Å²) < 4.78 is 6.14. The molecule has 6 heteroatoms. The summed E-state index contributed by atoms with van der Waals surface area (Å²) in [6, 6.07) is 6.43. The molecule has 2 aliphatic heterocycles. The van der Waals surface area contributed by atoms with Gasteiger partial charge in [-0.3, -0.25) is 9.69 Å². The molecule has 2 aliphatic rings. The van der Waals surface area contributed by atoms with Crippen LogP contribution < -0.4 is 10.1 Å². The summed E-state index contributed by atoms with van der Waals surface area (Å²) in [5.74, 6) is 1.61. The number of hydrogen-bond acceptors (Lipinski definition) is 4. The van der Waals surface area contributed by atoms with Crippen molar-refractivity contribution in [1.82, 2.24) is 15.1 Å². The van der Waals surface area contributed by atoms with Crippen molar-refractivity contribution in [2.45, 2.75) is 58.7 Å². The first kappa shape index (κ1) is 21.4. The summed E-state index contributed by atoms with van der Waals surface area (Å²) in [6.45, 7) is 12.0. The number of hydrogen-bond donors (Lipinski definition) is 1. The molecule has 3 rings (SSSR count). The predicted octanol–water partition coefficient (Wildman–Crippen LogP) is 3.55. The lowest BCUT2D eigenvalue weighted by Gasteiger charge is -2.23. The van der Waals surface area contributed by atoms with Crippen LogP contribution in [0.5, 0.6) is 5.75 Å². The molecule has 0 radical (unpaired) electrons. The number of nitrogens with zero attached hydrogens (tertiary/aromatic N) is 2. The van der Waals surface area contributed by atoms with E-state index in [1.165, 1.54) is 6.42 Å². The van der Waals surface area contributed by atoms with Gasteiger partial charge in [0.2, 0.25) is 5.91 Å². The predicted molar refractivity (Wildman–Crippen MR) is 114 cm³/mol. The third-order valence-electron chi connectivity index (χ3n) is 5.92. The van der Waals surface area contributed by atoms with Crippen LogP contribution in [0, 0.1) is 5.92 Å². The zero-order valence-electron chi connectivity index (χ0n) is 17.4. The van der Waals surface area contributed by atoms with Gasteiger partial charge in [-0.1, -0.05) is 24.6 Å². The van der Waals surface area contributed by atoms with Crippen LogP contribution in [-0.4, -0.2) is 60.6 Å². The van der Waals surface area contributed by atoms with Gasteiger partial charge in [-0.05, 0) is 51.3 Å². The van der Waals surface area contributed by atoms with E-state index in [4.69, 9.17) is 16.3 Å². The first-order chi connectivity index (χ1) is 13.4. The lowest BCUT2D eigenvalue weighted by atomic mass is 10.1. The van der Waals surface area contributed by atoms with Gasteiger partial charge in [0, 0.05) is 55.8 Å². The fourth-order valence-electron chi connectivity index (χ4n) is 4.07. The summed E-state index contributed by atoms with van der Waals surface area (Å²) in [6.07, 6.45) is 2.77. The van der Waals surface area contributed by atoms with Gasteiger partial charge in [0.1, 0.15) is 11.9 Å². The Morgan fingerprint density at radius 3 is 2.89 bits per heavy atom. The molecule has 0 bridgehead atoms. The minimum Gasteiger partial charge on any atom is -0.489 e. The largest absolute Gasteiger partial charge is 0.489 e. The van der Waals surface area contributed by atoms with Gasteiger partial charge in [0.15, 0.2) is 0 Å². The summed E-state index contributed by atoms with van der Waals surface area (Å²) in [5, 5.41) is 3.85. The molecule has 1 saturated heterocycles. The van der Waals surface area contributed by atoms with Gasteiger partial charge in [-0.2, -0.15) is 0 Å². The number of carbonyl (C=O) groups excluding carboxylic acids is 1. The molecule has 156 valence electrons. The molecule has 0 saturated carbocycles. The maximum absolute atomic E-state index is 12.4. The topological polar surface area (TPSA) is 44.8 Å². The average Bonchev–Trinajstić information content (AvgIpc) is 3.07. The highest BCUT2D eigenvalue weighted by molar-refractivity contribution is 6.30. The van der Waals surface area contributed by atoms with Crippen LogP contribution in [-0.2, 0) is 11.3 Å². The number of rotatable bonds is 7. The van der Waals surface area contributed by atoms with Crippen LogP contribution in [0.1, 0.15) is 45.6 Å². The maximum atomic E-state index is 12.4. The molecule has 1 N–H and O–H groups in total. The molecule has 0 aliphatic carbocycles. The monoisotopic (exact) mass is 407 g/mol. The molecule has 0 aromatic heterocycles. The molecule has 1 aromatic carbocycles. The highest BCUT2D eigenvalue weighted by Crippen LogP contribution is 2.29. The van der Waals surface area contributed by atoms with Crippen molar-refractivity contribution >= 4 is 17.5 Å². The number of halogens is 1. The van der Waals surface area contributed by atoms with Crippen LogP contribution in [0.4, 0.5) is 0 Å². The molecule has 1 fully saturated rings. The van der Waals surface area contributed by atoms with Crippen LogP contribution in [0.2, 0.25) is 5.02 Å². The second-order valence-corrected chi connectivity index (χ2v) is 8.87. The number of ether oxygens (including phenoxy) is 1. The standard InChI is InChI=1S/C22H34ClN3O2/c1-4-20-15-25(14-18-5-6-19(23)11-21(18)28-20)9-8-22(27)24-12-17-7-10-26(13-17)16(2)3/h5-6,11,16-17,20H,4,7-10,12-15H2,1-3H3,(H,24,27). The second-order valence-electron chi connectivity index (χ2n) is 8.43. The molecule has 5 nitrogen and oxygen atoms in total. The average molecular weight is 408 g/mol. The second kappa shape index (κ2) is 9.95. The SMILES string of the molecule is CCC1CN(CCC(=O)NCC2CCN(C(C)C)C2)Cc2ccc(Cl)cc2O1.